The van der Waals surface area contributed by atoms with Gasteiger partial charge in [-0.25, -0.2) is 0 Å². The second-order valence-electron chi connectivity index (χ2n) is 5.97. The predicted molar refractivity (Wildman–Crippen MR) is 82.4 cm³/mol. The van der Waals surface area contributed by atoms with Gasteiger partial charge >= 0.3 is 0 Å². The van der Waals surface area contributed by atoms with Crippen molar-refractivity contribution in [1.82, 2.24) is 0 Å². The van der Waals surface area contributed by atoms with Crippen LogP contribution in [0, 0.1) is 18.8 Å². The van der Waals surface area contributed by atoms with Gasteiger partial charge in [-0.2, -0.15) is 0 Å². The second kappa shape index (κ2) is 6.67. The van der Waals surface area contributed by atoms with Crippen molar-refractivity contribution in [2.45, 2.75) is 44.1 Å². The molecule has 3 heteroatoms. The van der Waals surface area contributed by atoms with E-state index in [0.717, 1.165) is 12.8 Å². The first-order chi connectivity index (χ1) is 9.10. The van der Waals surface area contributed by atoms with Crippen molar-refractivity contribution in [2.24, 2.45) is 17.6 Å². The summed E-state index contributed by atoms with van der Waals surface area (Å²) in [5, 5.41) is 0.286. The molecule has 0 bridgehead atoms. The molecule has 0 spiro atoms. The molecule has 1 aliphatic rings. The Morgan fingerprint density at radius 1 is 1.37 bits per heavy atom. The summed E-state index contributed by atoms with van der Waals surface area (Å²) in [7, 11) is -0.796. The molecule has 1 aromatic carbocycles. The first-order valence-electron chi connectivity index (χ1n) is 7.23. The Kier molecular flexibility index (Phi) is 5.17. The normalized spacial score (nSPS) is 29.1. The van der Waals surface area contributed by atoms with Gasteiger partial charge in [0.1, 0.15) is 0 Å². The molecule has 2 nitrogen and oxygen atoms in total. The van der Waals surface area contributed by atoms with Crippen molar-refractivity contribution in [3.8, 4) is 0 Å². The van der Waals surface area contributed by atoms with Crippen molar-refractivity contribution < 1.29 is 4.21 Å². The number of nitrogens with two attached hydrogens (primary N) is 1. The molecular formula is C16H25NOS. The molecule has 0 heterocycles. The molecule has 0 amide bonds. The van der Waals surface area contributed by atoms with Crippen molar-refractivity contribution >= 4 is 10.8 Å². The molecule has 4 atom stereocenters. The average Bonchev–Trinajstić information content (AvgIpc) is 2.38. The molecule has 106 valence electrons. The molecule has 1 fully saturated rings. The molecule has 0 radical (unpaired) electrons. The summed E-state index contributed by atoms with van der Waals surface area (Å²) < 4.78 is 12.6. The molecule has 1 aromatic rings. The quantitative estimate of drug-likeness (QED) is 0.920. The van der Waals surface area contributed by atoms with E-state index in [1.165, 1.54) is 17.5 Å². The Labute approximate surface area is 119 Å². The van der Waals surface area contributed by atoms with Gasteiger partial charge in [0, 0.05) is 21.8 Å². The highest BCUT2D eigenvalue weighted by Gasteiger charge is 2.31. The largest absolute Gasteiger partial charge is 0.330 e. The number of aryl methyl sites for hydroxylation is 1. The Hall–Kier alpha value is -0.670. The highest BCUT2D eigenvalue weighted by atomic mass is 32.2. The fraction of sp³-hybridized carbons (Fsp3) is 0.625. The van der Waals surface area contributed by atoms with Gasteiger partial charge in [0.05, 0.1) is 0 Å². The van der Waals surface area contributed by atoms with E-state index in [-0.39, 0.29) is 5.25 Å². The van der Waals surface area contributed by atoms with Crippen LogP contribution in [0.3, 0.4) is 0 Å². The highest BCUT2D eigenvalue weighted by Crippen LogP contribution is 2.32. The van der Waals surface area contributed by atoms with E-state index in [1.54, 1.807) is 0 Å². The maximum absolute atomic E-state index is 12.6. The maximum Gasteiger partial charge on any atom is 0.0488 e. The Morgan fingerprint density at radius 2 is 2.16 bits per heavy atom. The third kappa shape index (κ3) is 3.90. The fourth-order valence-electron chi connectivity index (χ4n) is 3.06. The third-order valence-electron chi connectivity index (χ3n) is 4.22. The summed E-state index contributed by atoms with van der Waals surface area (Å²) in [5.41, 5.74) is 8.29. The van der Waals surface area contributed by atoms with Gasteiger partial charge < -0.3 is 5.73 Å². The van der Waals surface area contributed by atoms with Gasteiger partial charge in [0.25, 0.3) is 0 Å². The van der Waals surface area contributed by atoms with Crippen LogP contribution in [0.2, 0.25) is 0 Å². The van der Waals surface area contributed by atoms with Crippen molar-refractivity contribution in [3.63, 3.8) is 0 Å². The highest BCUT2D eigenvalue weighted by molar-refractivity contribution is 7.84. The molecule has 19 heavy (non-hydrogen) atoms. The van der Waals surface area contributed by atoms with Crippen molar-refractivity contribution in [1.29, 1.82) is 0 Å². The van der Waals surface area contributed by atoms with E-state index in [2.05, 4.69) is 32.0 Å². The third-order valence-corrected chi connectivity index (χ3v) is 6.09. The van der Waals surface area contributed by atoms with Gasteiger partial charge in [0.15, 0.2) is 0 Å². The first-order valence-corrected chi connectivity index (χ1v) is 8.61. The summed E-state index contributed by atoms with van der Waals surface area (Å²) in [6.07, 6.45) is 3.45. The zero-order chi connectivity index (χ0) is 13.8. The SMILES string of the molecule is Cc1cccc(CS(=O)C2CC(C)CCC2CN)c1. The average molecular weight is 279 g/mol. The summed E-state index contributed by atoms with van der Waals surface area (Å²) in [5.74, 6) is 1.81. The topological polar surface area (TPSA) is 43.1 Å². The summed E-state index contributed by atoms with van der Waals surface area (Å²) in [4.78, 5) is 0. The van der Waals surface area contributed by atoms with Crippen LogP contribution >= 0.6 is 0 Å². The van der Waals surface area contributed by atoms with Crippen molar-refractivity contribution in [3.05, 3.63) is 35.4 Å². The monoisotopic (exact) mass is 279 g/mol. The van der Waals surface area contributed by atoms with E-state index in [9.17, 15) is 4.21 Å². The Balaban J connectivity index is 2.05. The molecule has 0 aromatic heterocycles. The lowest BCUT2D eigenvalue weighted by Gasteiger charge is -2.33. The number of hydrogen-bond acceptors (Lipinski definition) is 2. The van der Waals surface area contributed by atoms with E-state index in [0.29, 0.717) is 24.1 Å². The van der Waals surface area contributed by atoms with Crippen molar-refractivity contribution in [2.75, 3.05) is 6.54 Å². The molecule has 1 saturated carbocycles. The van der Waals surface area contributed by atoms with Gasteiger partial charge in [-0.3, -0.25) is 4.21 Å². The minimum absolute atomic E-state index is 0.286. The molecule has 4 unspecified atom stereocenters. The standard InChI is InChI=1S/C16H25NOS/c1-12-4-3-5-14(8-12)11-19(18)16-9-13(2)6-7-15(16)10-17/h3-5,8,13,15-16H,6-7,9-11,17H2,1-2H3. The second-order valence-corrected chi connectivity index (χ2v) is 7.62. The van der Waals surface area contributed by atoms with Gasteiger partial charge in [-0.05, 0) is 43.7 Å². The maximum atomic E-state index is 12.6. The minimum Gasteiger partial charge on any atom is -0.330 e. The van der Waals surface area contributed by atoms with Gasteiger partial charge in [-0.1, -0.05) is 43.2 Å². The molecular weight excluding hydrogens is 254 g/mol. The van der Waals surface area contributed by atoms with Gasteiger partial charge in [0.2, 0.25) is 0 Å². The fourth-order valence-corrected chi connectivity index (χ4v) is 5.00. The number of benzene rings is 1. The lowest BCUT2D eigenvalue weighted by atomic mass is 9.82. The predicted octanol–water partition coefficient (Wildman–Crippen LogP) is 3.01. The van der Waals surface area contributed by atoms with Crippen LogP contribution in [-0.4, -0.2) is 16.0 Å². The van der Waals surface area contributed by atoms with E-state index >= 15 is 0 Å². The molecule has 2 N–H and O–H groups in total. The lowest BCUT2D eigenvalue weighted by Crippen LogP contribution is -2.37. The van der Waals surface area contributed by atoms with Crippen LogP contribution in [0.25, 0.3) is 0 Å². The molecule has 1 aliphatic carbocycles. The van der Waals surface area contributed by atoms with Crippen LogP contribution in [-0.2, 0) is 16.6 Å². The van der Waals surface area contributed by atoms with E-state index < -0.39 is 10.8 Å². The minimum atomic E-state index is -0.796. The van der Waals surface area contributed by atoms with E-state index in [1.807, 2.05) is 6.07 Å². The first kappa shape index (κ1) is 14.7. The van der Waals surface area contributed by atoms with Crippen LogP contribution < -0.4 is 5.73 Å². The Bertz CT molecular complexity index is 446. The smallest absolute Gasteiger partial charge is 0.0488 e. The number of hydrogen-bond donors (Lipinski definition) is 1. The Morgan fingerprint density at radius 3 is 2.84 bits per heavy atom. The lowest BCUT2D eigenvalue weighted by molar-refractivity contribution is 0.302. The van der Waals surface area contributed by atoms with Gasteiger partial charge in [-0.15, -0.1) is 0 Å². The molecule has 0 saturated heterocycles. The zero-order valence-corrected chi connectivity index (χ0v) is 12.8. The summed E-state index contributed by atoms with van der Waals surface area (Å²) >= 11 is 0. The molecule has 2 rings (SSSR count). The van der Waals surface area contributed by atoms with Crippen LogP contribution in [0.4, 0.5) is 0 Å². The zero-order valence-electron chi connectivity index (χ0n) is 12.0. The summed E-state index contributed by atoms with van der Waals surface area (Å²) in [6, 6.07) is 8.35. The van der Waals surface area contributed by atoms with Crippen LogP contribution in [0.5, 0.6) is 0 Å². The van der Waals surface area contributed by atoms with E-state index in [4.69, 9.17) is 5.73 Å². The van der Waals surface area contributed by atoms with Crippen LogP contribution in [0.1, 0.15) is 37.3 Å². The molecule has 0 aliphatic heterocycles. The van der Waals surface area contributed by atoms with Crippen LogP contribution in [0.15, 0.2) is 24.3 Å². The number of rotatable bonds is 4. The summed E-state index contributed by atoms with van der Waals surface area (Å²) in [6.45, 7) is 5.03.